The van der Waals surface area contributed by atoms with Crippen LogP contribution in [0.2, 0.25) is 0 Å². The lowest BCUT2D eigenvalue weighted by atomic mass is 9.89. The summed E-state index contributed by atoms with van der Waals surface area (Å²) in [4.78, 5) is 4.91. The van der Waals surface area contributed by atoms with Gasteiger partial charge in [-0.1, -0.05) is 29.8 Å². The Morgan fingerprint density at radius 1 is 1.17 bits per heavy atom. The summed E-state index contributed by atoms with van der Waals surface area (Å²) in [6.45, 7) is 5.40. The molecule has 3 rings (SSSR count). The van der Waals surface area contributed by atoms with Crippen molar-refractivity contribution in [1.29, 1.82) is 0 Å². The summed E-state index contributed by atoms with van der Waals surface area (Å²) in [6.07, 6.45) is 7.05. The van der Waals surface area contributed by atoms with E-state index in [1.807, 2.05) is 23.9 Å². The first kappa shape index (κ1) is 21.8. The number of guanidine groups is 1. The number of rotatable bonds is 9. The zero-order chi connectivity index (χ0) is 20.3. The van der Waals surface area contributed by atoms with Gasteiger partial charge in [-0.15, -0.1) is 0 Å². The molecule has 1 aliphatic heterocycles. The molecule has 2 unspecified atom stereocenters. The maximum atomic E-state index is 6.15. The Morgan fingerprint density at radius 2 is 2.00 bits per heavy atom. The van der Waals surface area contributed by atoms with Crippen LogP contribution in [0, 0.1) is 12.8 Å². The molecule has 1 aliphatic rings. The predicted molar refractivity (Wildman–Crippen MR) is 122 cm³/mol. The third-order valence-electron chi connectivity index (χ3n) is 5.18. The highest BCUT2D eigenvalue weighted by Crippen LogP contribution is 2.33. The molecule has 0 spiro atoms. The summed E-state index contributed by atoms with van der Waals surface area (Å²) < 4.78 is 11.6. The third kappa shape index (κ3) is 7.12. The fraction of sp³-hybridized carbons (Fsp3) is 0.522. The van der Waals surface area contributed by atoms with Gasteiger partial charge in [0.2, 0.25) is 0 Å². The SMILES string of the molecule is CSCCNC(=NCC1CCCOC1c1ccc(C)cc1)NCCc1ccco1. The Balaban J connectivity index is 1.60. The number of nitrogens with one attached hydrogen (secondary N) is 2. The first-order valence-corrected chi connectivity index (χ1v) is 11.9. The van der Waals surface area contributed by atoms with Crippen LogP contribution in [0.25, 0.3) is 0 Å². The van der Waals surface area contributed by atoms with Crippen LogP contribution >= 0.6 is 11.8 Å². The standard InChI is InChI=1S/C23H33N3O2S/c1-18-7-9-19(10-8-18)22-20(5-3-15-28-22)17-26-23(25-13-16-29-2)24-12-11-21-6-4-14-27-21/h4,6-10,14,20,22H,3,5,11-13,15-17H2,1-2H3,(H2,24,25,26). The molecule has 0 radical (unpaired) electrons. The van der Waals surface area contributed by atoms with Gasteiger partial charge in [0, 0.05) is 44.3 Å². The van der Waals surface area contributed by atoms with Gasteiger partial charge >= 0.3 is 0 Å². The van der Waals surface area contributed by atoms with Crippen molar-refractivity contribution in [2.24, 2.45) is 10.9 Å². The van der Waals surface area contributed by atoms with Gasteiger partial charge in [0.15, 0.2) is 5.96 Å². The van der Waals surface area contributed by atoms with Crippen molar-refractivity contribution in [3.8, 4) is 0 Å². The number of hydrogen-bond donors (Lipinski definition) is 2. The fourth-order valence-corrected chi connectivity index (χ4v) is 3.87. The van der Waals surface area contributed by atoms with Crippen molar-refractivity contribution in [3.63, 3.8) is 0 Å². The monoisotopic (exact) mass is 415 g/mol. The number of ether oxygens (including phenoxy) is 1. The summed E-state index contributed by atoms with van der Waals surface area (Å²) in [5, 5.41) is 6.90. The number of furan rings is 1. The molecular weight excluding hydrogens is 382 g/mol. The topological polar surface area (TPSA) is 58.8 Å². The van der Waals surface area contributed by atoms with Crippen LogP contribution in [0.3, 0.4) is 0 Å². The second-order valence-electron chi connectivity index (χ2n) is 7.47. The van der Waals surface area contributed by atoms with Gasteiger partial charge in [-0.3, -0.25) is 4.99 Å². The Kier molecular flexibility index (Phi) is 8.96. The molecule has 1 aromatic heterocycles. The number of nitrogens with zero attached hydrogens (tertiary/aromatic N) is 1. The molecule has 158 valence electrons. The van der Waals surface area contributed by atoms with E-state index >= 15 is 0 Å². The van der Waals surface area contributed by atoms with Crippen molar-refractivity contribution in [2.45, 2.75) is 32.3 Å². The van der Waals surface area contributed by atoms with Gasteiger partial charge in [0.05, 0.1) is 12.4 Å². The van der Waals surface area contributed by atoms with E-state index in [1.54, 1.807) is 6.26 Å². The lowest BCUT2D eigenvalue weighted by molar-refractivity contribution is -0.0250. The maximum Gasteiger partial charge on any atom is 0.191 e. The number of aryl methyl sites for hydroxylation is 1. The molecule has 1 saturated heterocycles. The minimum atomic E-state index is 0.128. The summed E-state index contributed by atoms with van der Waals surface area (Å²) in [5.74, 6) is 3.31. The third-order valence-corrected chi connectivity index (χ3v) is 5.79. The zero-order valence-corrected chi connectivity index (χ0v) is 18.3. The highest BCUT2D eigenvalue weighted by atomic mass is 32.2. The lowest BCUT2D eigenvalue weighted by Gasteiger charge is -2.31. The largest absolute Gasteiger partial charge is 0.469 e. The molecule has 6 heteroatoms. The molecular formula is C23H33N3O2S. The van der Waals surface area contributed by atoms with Crippen LogP contribution in [0.4, 0.5) is 0 Å². The smallest absolute Gasteiger partial charge is 0.191 e. The van der Waals surface area contributed by atoms with Gasteiger partial charge in [-0.05, 0) is 43.7 Å². The Hall–Kier alpha value is -1.92. The van der Waals surface area contributed by atoms with E-state index in [4.69, 9.17) is 14.1 Å². The molecule has 2 aromatic rings. The zero-order valence-electron chi connectivity index (χ0n) is 17.5. The maximum absolute atomic E-state index is 6.15. The van der Waals surface area contributed by atoms with Crippen molar-refractivity contribution in [1.82, 2.24) is 10.6 Å². The van der Waals surface area contributed by atoms with E-state index < -0.39 is 0 Å². The Morgan fingerprint density at radius 3 is 2.76 bits per heavy atom. The molecule has 29 heavy (non-hydrogen) atoms. The molecule has 1 fully saturated rings. The minimum Gasteiger partial charge on any atom is -0.469 e. The van der Waals surface area contributed by atoms with Gasteiger partial charge in [-0.2, -0.15) is 11.8 Å². The molecule has 0 saturated carbocycles. The number of thioether (sulfide) groups is 1. The average molecular weight is 416 g/mol. The quantitative estimate of drug-likeness (QED) is 0.365. The highest BCUT2D eigenvalue weighted by molar-refractivity contribution is 7.98. The van der Waals surface area contributed by atoms with Crippen molar-refractivity contribution in [3.05, 3.63) is 59.5 Å². The number of benzene rings is 1. The average Bonchev–Trinajstić information content (AvgIpc) is 3.26. The minimum absolute atomic E-state index is 0.128. The number of hydrogen-bond acceptors (Lipinski definition) is 4. The van der Waals surface area contributed by atoms with Crippen LogP contribution in [-0.4, -0.2) is 44.2 Å². The van der Waals surface area contributed by atoms with Gasteiger partial charge < -0.3 is 19.8 Å². The predicted octanol–water partition coefficient (Wildman–Crippen LogP) is 4.20. The second kappa shape index (κ2) is 11.9. The Labute approximate surface area is 178 Å². The molecule has 2 heterocycles. The van der Waals surface area contributed by atoms with Crippen LogP contribution in [0.5, 0.6) is 0 Å². The van der Waals surface area contributed by atoms with E-state index in [-0.39, 0.29) is 6.10 Å². The van der Waals surface area contributed by atoms with E-state index in [1.165, 1.54) is 11.1 Å². The molecule has 2 N–H and O–H groups in total. The van der Waals surface area contributed by atoms with Crippen molar-refractivity contribution < 1.29 is 9.15 Å². The van der Waals surface area contributed by atoms with Crippen LogP contribution in [0.1, 0.15) is 35.8 Å². The Bertz CT molecular complexity index is 731. The van der Waals surface area contributed by atoms with Gasteiger partial charge in [0.25, 0.3) is 0 Å². The van der Waals surface area contributed by atoms with Crippen LogP contribution in [0.15, 0.2) is 52.1 Å². The summed E-state index contributed by atoms with van der Waals surface area (Å²) in [7, 11) is 0. The molecule has 0 amide bonds. The molecule has 0 bridgehead atoms. The molecule has 0 aliphatic carbocycles. The van der Waals surface area contributed by atoms with Gasteiger partial charge in [0.1, 0.15) is 5.76 Å². The number of aliphatic imine (C=N–C) groups is 1. The van der Waals surface area contributed by atoms with Crippen molar-refractivity contribution >= 4 is 17.7 Å². The molecule has 2 atom stereocenters. The highest BCUT2D eigenvalue weighted by Gasteiger charge is 2.27. The van der Waals surface area contributed by atoms with E-state index in [0.717, 1.165) is 63.0 Å². The van der Waals surface area contributed by atoms with Crippen molar-refractivity contribution in [2.75, 3.05) is 38.2 Å². The first-order chi connectivity index (χ1) is 14.3. The molecule has 1 aromatic carbocycles. The van der Waals surface area contributed by atoms with Gasteiger partial charge in [-0.25, -0.2) is 0 Å². The van der Waals surface area contributed by atoms with E-state index in [9.17, 15) is 0 Å². The van der Waals surface area contributed by atoms with E-state index in [2.05, 4.69) is 48.1 Å². The summed E-state index contributed by atoms with van der Waals surface area (Å²) in [6, 6.07) is 12.7. The first-order valence-electron chi connectivity index (χ1n) is 10.5. The lowest BCUT2D eigenvalue weighted by Crippen LogP contribution is -2.40. The fourth-order valence-electron chi connectivity index (χ4n) is 3.57. The van der Waals surface area contributed by atoms with Crippen LogP contribution < -0.4 is 10.6 Å². The van der Waals surface area contributed by atoms with Crippen LogP contribution in [-0.2, 0) is 11.2 Å². The summed E-state index contributed by atoms with van der Waals surface area (Å²) in [5.41, 5.74) is 2.54. The second-order valence-corrected chi connectivity index (χ2v) is 8.45. The van der Waals surface area contributed by atoms with E-state index in [0.29, 0.717) is 5.92 Å². The summed E-state index contributed by atoms with van der Waals surface area (Å²) >= 11 is 1.83. The molecule has 5 nitrogen and oxygen atoms in total. The normalized spacial score (nSPS) is 19.9.